The van der Waals surface area contributed by atoms with Crippen LogP contribution in [0.5, 0.6) is 5.75 Å². The molecule has 0 amide bonds. The molecule has 0 saturated heterocycles. The molecule has 2 heterocycles. The molecule has 0 spiro atoms. The fourth-order valence-electron chi connectivity index (χ4n) is 2.69. The number of ether oxygens (including phenoxy) is 1. The lowest BCUT2D eigenvalue weighted by Gasteiger charge is -2.08. The number of aromatic nitrogens is 4. The fourth-order valence-corrected chi connectivity index (χ4v) is 2.69. The number of nitrogens with zero attached hydrogens (tertiary/aromatic N) is 4. The Morgan fingerprint density at radius 1 is 0.964 bits per heavy atom. The van der Waals surface area contributed by atoms with Gasteiger partial charge in [0.15, 0.2) is 0 Å². The van der Waals surface area contributed by atoms with Gasteiger partial charge in [0.25, 0.3) is 0 Å². The Morgan fingerprint density at radius 2 is 1.79 bits per heavy atom. The van der Waals surface area contributed by atoms with E-state index in [0.29, 0.717) is 12.5 Å². The zero-order chi connectivity index (χ0) is 19.2. The van der Waals surface area contributed by atoms with E-state index in [0.717, 1.165) is 28.5 Å². The lowest BCUT2D eigenvalue weighted by Crippen LogP contribution is -2.03. The second-order valence-corrected chi connectivity index (χ2v) is 6.10. The number of hydrogen-bond acceptors (Lipinski definition) is 6. The highest BCUT2D eigenvalue weighted by molar-refractivity contribution is 5.52. The first-order valence-corrected chi connectivity index (χ1v) is 8.87. The van der Waals surface area contributed by atoms with Crippen LogP contribution in [0.4, 0.5) is 17.5 Å². The molecular formula is C21H20N6O. The highest BCUT2D eigenvalue weighted by Gasteiger charge is 2.05. The van der Waals surface area contributed by atoms with E-state index in [1.165, 1.54) is 0 Å². The number of nitrogens with one attached hydrogen (secondary N) is 2. The Kier molecular flexibility index (Phi) is 5.15. The van der Waals surface area contributed by atoms with Gasteiger partial charge < -0.3 is 15.4 Å². The van der Waals surface area contributed by atoms with Gasteiger partial charge in [-0.2, -0.15) is 4.98 Å². The highest BCUT2D eigenvalue weighted by atomic mass is 16.5. The molecule has 2 N–H and O–H groups in total. The molecule has 0 aliphatic heterocycles. The number of hydrogen-bond donors (Lipinski definition) is 2. The van der Waals surface area contributed by atoms with Crippen LogP contribution in [0.25, 0.3) is 5.69 Å². The number of rotatable bonds is 7. The lowest BCUT2D eigenvalue weighted by atomic mass is 10.2. The summed E-state index contributed by atoms with van der Waals surface area (Å²) in [5.74, 6) is 2.15. The molecule has 0 unspecified atom stereocenters. The topological polar surface area (TPSA) is 76.9 Å². The maximum Gasteiger partial charge on any atom is 0.246 e. The first-order chi connectivity index (χ1) is 13.8. The van der Waals surface area contributed by atoms with Crippen molar-refractivity contribution in [3.8, 4) is 11.4 Å². The van der Waals surface area contributed by atoms with Crippen molar-refractivity contribution in [2.24, 2.45) is 0 Å². The van der Waals surface area contributed by atoms with Crippen molar-refractivity contribution in [1.82, 2.24) is 19.7 Å². The first-order valence-electron chi connectivity index (χ1n) is 8.87. The van der Waals surface area contributed by atoms with Gasteiger partial charge in [0.2, 0.25) is 5.95 Å². The molecule has 0 aliphatic carbocycles. The van der Waals surface area contributed by atoms with E-state index >= 15 is 0 Å². The molecule has 0 atom stereocenters. The average Bonchev–Trinajstić information content (AvgIpc) is 3.22. The van der Waals surface area contributed by atoms with E-state index in [4.69, 9.17) is 4.74 Å². The van der Waals surface area contributed by atoms with Gasteiger partial charge in [-0.25, -0.2) is 9.67 Å². The van der Waals surface area contributed by atoms with Gasteiger partial charge in [-0.15, -0.1) is 5.10 Å². The van der Waals surface area contributed by atoms with Crippen molar-refractivity contribution >= 4 is 17.5 Å². The van der Waals surface area contributed by atoms with Crippen LogP contribution in [0.1, 0.15) is 5.56 Å². The van der Waals surface area contributed by atoms with Gasteiger partial charge in [-0.05, 0) is 35.9 Å². The molecule has 0 bridgehead atoms. The van der Waals surface area contributed by atoms with Crippen LogP contribution in [-0.2, 0) is 6.54 Å². The SMILES string of the molecule is COc1ccc(CNc2cc(-n3cnc(Nc4ccccc4)n3)ccn2)cc1. The van der Waals surface area contributed by atoms with Gasteiger partial charge in [0.1, 0.15) is 17.9 Å². The Morgan fingerprint density at radius 3 is 2.57 bits per heavy atom. The Labute approximate surface area is 163 Å². The van der Waals surface area contributed by atoms with E-state index in [1.54, 1.807) is 24.3 Å². The summed E-state index contributed by atoms with van der Waals surface area (Å²) in [6.45, 7) is 0.665. The summed E-state index contributed by atoms with van der Waals surface area (Å²) in [5, 5.41) is 11.0. The number of anilines is 3. The van der Waals surface area contributed by atoms with Crippen molar-refractivity contribution in [3.63, 3.8) is 0 Å². The van der Waals surface area contributed by atoms with Crippen molar-refractivity contribution in [1.29, 1.82) is 0 Å². The maximum absolute atomic E-state index is 5.18. The molecule has 7 nitrogen and oxygen atoms in total. The smallest absolute Gasteiger partial charge is 0.246 e. The predicted octanol–water partition coefficient (Wildman–Crippen LogP) is 4.03. The molecule has 0 aliphatic rings. The van der Waals surface area contributed by atoms with E-state index in [-0.39, 0.29) is 0 Å². The van der Waals surface area contributed by atoms with Crippen molar-refractivity contribution in [3.05, 3.63) is 84.8 Å². The molecule has 2 aromatic carbocycles. The molecule has 4 aromatic rings. The van der Waals surface area contributed by atoms with Crippen LogP contribution in [0.2, 0.25) is 0 Å². The number of pyridine rings is 1. The molecule has 4 rings (SSSR count). The highest BCUT2D eigenvalue weighted by Crippen LogP contribution is 2.16. The summed E-state index contributed by atoms with van der Waals surface area (Å²) in [5.41, 5.74) is 2.96. The second-order valence-electron chi connectivity index (χ2n) is 6.10. The summed E-state index contributed by atoms with van der Waals surface area (Å²) in [4.78, 5) is 8.69. The zero-order valence-electron chi connectivity index (χ0n) is 15.4. The second kappa shape index (κ2) is 8.22. The largest absolute Gasteiger partial charge is 0.497 e. The van der Waals surface area contributed by atoms with Crippen molar-refractivity contribution in [2.75, 3.05) is 17.7 Å². The van der Waals surface area contributed by atoms with Crippen LogP contribution in [-0.4, -0.2) is 26.9 Å². The minimum absolute atomic E-state index is 0.538. The van der Waals surface area contributed by atoms with Gasteiger partial charge in [0.05, 0.1) is 12.8 Å². The minimum atomic E-state index is 0.538. The van der Waals surface area contributed by atoms with E-state index in [9.17, 15) is 0 Å². The number of para-hydroxylation sites is 1. The molecule has 2 aromatic heterocycles. The van der Waals surface area contributed by atoms with Gasteiger partial charge >= 0.3 is 0 Å². The van der Waals surface area contributed by atoms with Crippen LogP contribution >= 0.6 is 0 Å². The Bertz CT molecular complexity index is 1030. The molecule has 0 radical (unpaired) electrons. The number of methoxy groups -OCH3 is 1. The molecule has 140 valence electrons. The molecule has 7 heteroatoms. The fraction of sp³-hybridized carbons (Fsp3) is 0.0952. The standard InChI is InChI=1S/C21H20N6O/c1-28-19-9-7-16(8-10-19)14-23-20-13-18(11-12-22-20)27-15-24-21(26-27)25-17-5-3-2-4-6-17/h2-13,15H,14H2,1H3,(H,22,23)(H,25,26). The van der Waals surface area contributed by atoms with E-state index in [1.807, 2.05) is 66.7 Å². The third-order valence-electron chi connectivity index (χ3n) is 4.16. The van der Waals surface area contributed by atoms with Crippen LogP contribution < -0.4 is 15.4 Å². The van der Waals surface area contributed by atoms with Crippen molar-refractivity contribution in [2.45, 2.75) is 6.54 Å². The summed E-state index contributed by atoms with van der Waals surface area (Å²) in [7, 11) is 1.66. The van der Waals surface area contributed by atoms with Gasteiger partial charge in [-0.1, -0.05) is 30.3 Å². The Hall–Kier alpha value is -3.87. The van der Waals surface area contributed by atoms with E-state index < -0.39 is 0 Å². The summed E-state index contributed by atoms with van der Waals surface area (Å²) in [6.07, 6.45) is 3.42. The lowest BCUT2D eigenvalue weighted by molar-refractivity contribution is 0.414. The predicted molar refractivity (Wildman–Crippen MR) is 109 cm³/mol. The van der Waals surface area contributed by atoms with E-state index in [2.05, 4.69) is 25.7 Å². The monoisotopic (exact) mass is 372 g/mol. The van der Waals surface area contributed by atoms with Gasteiger partial charge in [-0.3, -0.25) is 0 Å². The van der Waals surface area contributed by atoms with Crippen LogP contribution in [0, 0.1) is 0 Å². The van der Waals surface area contributed by atoms with Crippen molar-refractivity contribution < 1.29 is 4.74 Å². The zero-order valence-corrected chi connectivity index (χ0v) is 15.4. The quantitative estimate of drug-likeness (QED) is 0.510. The molecule has 28 heavy (non-hydrogen) atoms. The average molecular weight is 372 g/mol. The summed E-state index contributed by atoms with van der Waals surface area (Å²) in [6, 6.07) is 21.6. The summed E-state index contributed by atoms with van der Waals surface area (Å²) < 4.78 is 6.90. The minimum Gasteiger partial charge on any atom is -0.497 e. The number of benzene rings is 2. The Balaban J connectivity index is 1.43. The maximum atomic E-state index is 5.18. The molecular weight excluding hydrogens is 352 g/mol. The third kappa shape index (κ3) is 4.27. The normalized spacial score (nSPS) is 10.5. The first kappa shape index (κ1) is 17.5. The summed E-state index contributed by atoms with van der Waals surface area (Å²) >= 11 is 0. The third-order valence-corrected chi connectivity index (χ3v) is 4.16. The molecule has 0 saturated carbocycles. The van der Waals surface area contributed by atoms with Gasteiger partial charge in [0, 0.05) is 24.5 Å². The van der Waals surface area contributed by atoms with Crippen LogP contribution in [0.15, 0.2) is 79.3 Å². The van der Waals surface area contributed by atoms with Crippen LogP contribution in [0.3, 0.4) is 0 Å². The molecule has 0 fully saturated rings.